The molecule has 0 fully saturated rings. The Morgan fingerprint density at radius 3 is 2.00 bits per heavy atom. The quantitative estimate of drug-likeness (QED) is 0.803. The van der Waals surface area contributed by atoms with E-state index < -0.39 is 11.2 Å². The molecule has 0 atom stereocenters. The normalized spacial score (nSPS) is 12.6. The van der Waals surface area contributed by atoms with Gasteiger partial charge in [0.25, 0.3) is 0 Å². The number of hydrogen-bond acceptors (Lipinski definition) is 3. The molecule has 0 aromatic carbocycles. The van der Waals surface area contributed by atoms with Crippen LogP contribution in [0.3, 0.4) is 0 Å². The lowest BCUT2D eigenvalue weighted by atomic mass is 9.82. The smallest absolute Gasteiger partial charge is 0.331 e. The van der Waals surface area contributed by atoms with Gasteiger partial charge in [-0.25, -0.2) is 0 Å². The Morgan fingerprint density at radius 2 is 1.59 bits per heavy atom. The van der Waals surface area contributed by atoms with E-state index >= 15 is 0 Å². The predicted molar refractivity (Wildman–Crippen MR) is 70.6 cm³/mol. The Balaban J connectivity index is 2.74. The van der Waals surface area contributed by atoms with Crippen molar-refractivity contribution in [1.29, 1.82) is 0 Å². The molecule has 17 heavy (non-hydrogen) atoms. The van der Waals surface area contributed by atoms with Crippen LogP contribution in [0.15, 0.2) is 12.1 Å². The number of aromatic nitrogens is 1. The second-order valence-corrected chi connectivity index (χ2v) is 5.49. The fourth-order valence-corrected chi connectivity index (χ4v) is 1.29. The van der Waals surface area contributed by atoms with Crippen LogP contribution in [-0.2, 0) is 4.65 Å². The van der Waals surface area contributed by atoms with Gasteiger partial charge in [-0.05, 0) is 59.1 Å². The van der Waals surface area contributed by atoms with Crippen LogP contribution in [0.5, 0.6) is 0 Å². The lowest BCUT2D eigenvalue weighted by Crippen LogP contribution is -2.49. The van der Waals surface area contributed by atoms with E-state index in [0.29, 0.717) is 0 Å². The summed E-state index contributed by atoms with van der Waals surface area (Å²) in [7, 11) is 1.68. The van der Waals surface area contributed by atoms with Gasteiger partial charge in [-0.15, -0.1) is 0 Å². The molecule has 0 unspecified atom stereocenters. The van der Waals surface area contributed by atoms with Crippen molar-refractivity contribution in [2.24, 2.45) is 0 Å². The van der Waals surface area contributed by atoms with Crippen LogP contribution in [-0.4, -0.2) is 28.8 Å². The fraction of sp³-hybridized carbons (Fsp3) is 0.615. The van der Waals surface area contributed by atoms with Crippen molar-refractivity contribution in [2.75, 3.05) is 0 Å². The number of pyridine rings is 1. The van der Waals surface area contributed by atoms with Gasteiger partial charge in [-0.2, -0.15) is 0 Å². The molecule has 0 amide bonds. The zero-order valence-corrected chi connectivity index (χ0v) is 11.5. The average molecular weight is 234 g/mol. The van der Waals surface area contributed by atoms with Gasteiger partial charge < -0.3 is 9.76 Å². The Kier molecular flexibility index (Phi) is 4.00. The third-order valence-corrected chi connectivity index (χ3v) is 3.07. The van der Waals surface area contributed by atoms with E-state index in [1.54, 1.807) is 21.3 Å². The first-order chi connectivity index (χ1) is 7.62. The standard InChI is InChI=1S/C13H21BNO2/c1-9-7-11(8-10(2)15-9)14-17-13(5,6)12(3,4)16/h7-8,16H,1-6H3. The maximum Gasteiger partial charge on any atom is 0.331 e. The van der Waals surface area contributed by atoms with Crippen LogP contribution in [0, 0.1) is 13.8 Å². The van der Waals surface area contributed by atoms with Crippen molar-refractivity contribution in [1.82, 2.24) is 4.98 Å². The summed E-state index contributed by atoms with van der Waals surface area (Å²) < 4.78 is 5.69. The zero-order chi connectivity index (χ0) is 13.3. The minimum atomic E-state index is -0.902. The van der Waals surface area contributed by atoms with E-state index in [9.17, 15) is 5.11 Å². The molecule has 1 radical (unpaired) electrons. The summed E-state index contributed by atoms with van der Waals surface area (Å²) in [6, 6.07) is 3.90. The first kappa shape index (κ1) is 14.2. The number of aryl methyl sites for hydroxylation is 2. The maximum absolute atomic E-state index is 9.98. The van der Waals surface area contributed by atoms with Crippen molar-refractivity contribution >= 4 is 12.9 Å². The molecule has 1 N–H and O–H groups in total. The lowest BCUT2D eigenvalue weighted by molar-refractivity contribution is -0.0893. The summed E-state index contributed by atoms with van der Waals surface area (Å²) in [4.78, 5) is 4.30. The van der Waals surface area contributed by atoms with E-state index in [2.05, 4.69) is 4.98 Å². The third kappa shape index (κ3) is 3.82. The van der Waals surface area contributed by atoms with Crippen molar-refractivity contribution in [2.45, 2.75) is 52.7 Å². The summed E-state index contributed by atoms with van der Waals surface area (Å²) >= 11 is 0. The van der Waals surface area contributed by atoms with Gasteiger partial charge in [0.2, 0.25) is 0 Å². The molecule has 3 nitrogen and oxygen atoms in total. The van der Waals surface area contributed by atoms with E-state index in [1.165, 1.54) is 0 Å². The minimum absolute atomic E-state index is 0.641. The molecular formula is C13H21BNO2. The van der Waals surface area contributed by atoms with E-state index in [1.807, 2.05) is 39.8 Å². The third-order valence-electron chi connectivity index (χ3n) is 3.07. The molecule has 0 aliphatic rings. The Bertz CT molecular complexity index is 377. The Labute approximate surface area is 105 Å². The van der Waals surface area contributed by atoms with Gasteiger partial charge in [0.15, 0.2) is 0 Å². The Morgan fingerprint density at radius 1 is 1.12 bits per heavy atom. The maximum atomic E-state index is 9.98. The minimum Gasteiger partial charge on any atom is -0.427 e. The monoisotopic (exact) mass is 234 g/mol. The highest BCUT2D eigenvalue weighted by atomic mass is 16.5. The average Bonchev–Trinajstić information content (AvgIpc) is 2.11. The first-order valence-electron chi connectivity index (χ1n) is 5.80. The second kappa shape index (κ2) is 4.79. The highest BCUT2D eigenvalue weighted by molar-refractivity contribution is 6.47. The molecule has 0 aliphatic heterocycles. The van der Waals surface area contributed by atoms with E-state index in [0.717, 1.165) is 16.9 Å². The summed E-state index contributed by atoms with van der Waals surface area (Å²) in [5.74, 6) is 0. The van der Waals surface area contributed by atoms with Crippen molar-refractivity contribution in [3.8, 4) is 0 Å². The summed E-state index contributed by atoms with van der Waals surface area (Å²) in [5, 5.41) is 9.98. The molecule has 1 heterocycles. The van der Waals surface area contributed by atoms with Crippen LogP contribution in [0.4, 0.5) is 0 Å². The van der Waals surface area contributed by atoms with Crippen molar-refractivity contribution < 1.29 is 9.76 Å². The van der Waals surface area contributed by atoms with Crippen molar-refractivity contribution in [3.63, 3.8) is 0 Å². The highest BCUT2D eigenvalue weighted by Crippen LogP contribution is 2.24. The number of aliphatic hydroxyl groups is 1. The number of nitrogens with zero attached hydrogens (tertiary/aromatic N) is 1. The van der Waals surface area contributed by atoms with Gasteiger partial charge in [0.05, 0.1) is 11.2 Å². The largest absolute Gasteiger partial charge is 0.427 e. The summed E-state index contributed by atoms with van der Waals surface area (Å²) in [6.45, 7) is 11.1. The van der Waals surface area contributed by atoms with Crippen LogP contribution < -0.4 is 5.46 Å². The summed E-state index contributed by atoms with van der Waals surface area (Å²) in [5.41, 5.74) is 1.34. The highest BCUT2D eigenvalue weighted by Gasteiger charge is 2.35. The zero-order valence-electron chi connectivity index (χ0n) is 11.5. The second-order valence-electron chi connectivity index (χ2n) is 5.49. The molecule has 0 bridgehead atoms. The molecule has 4 heteroatoms. The van der Waals surface area contributed by atoms with Gasteiger partial charge >= 0.3 is 7.48 Å². The molecular weight excluding hydrogens is 213 g/mol. The van der Waals surface area contributed by atoms with Crippen LogP contribution in [0.2, 0.25) is 0 Å². The molecule has 0 aliphatic carbocycles. The molecule has 1 rings (SSSR count). The first-order valence-corrected chi connectivity index (χ1v) is 5.80. The molecule has 0 saturated carbocycles. The van der Waals surface area contributed by atoms with E-state index in [4.69, 9.17) is 4.65 Å². The van der Waals surface area contributed by atoms with E-state index in [-0.39, 0.29) is 0 Å². The molecule has 0 saturated heterocycles. The fourth-order valence-electron chi connectivity index (χ4n) is 1.29. The topological polar surface area (TPSA) is 42.4 Å². The van der Waals surface area contributed by atoms with Crippen molar-refractivity contribution in [3.05, 3.63) is 23.5 Å². The van der Waals surface area contributed by atoms with Crippen LogP contribution in [0.25, 0.3) is 0 Å². The van der Waals surface area contributed by atoms with Crippen LogP contribution in [0.1, 0.15) is 39.1 Å². The molecule has 93 valence electrons. The molecule has 1 aromatic rings. The predicted octanol–water partition coefficient (Wildman–Crippen LogP) is 1.51. The summed E-state index contributed by atoms with van der Waals surface area (Å²) in [6.07, 6.45) is 0. The lowest BCUT2D eigenvalue weighted by Gasteiger charge is -2.37. The van der Waals surface area contributed by atoms with Gasteiger partial charge in [0, 0.05) is 11.4 Å². The SMILES string of the molecule is Cc1cc([B]OC(C)(C)C(C)(C)O)cc(C)n1. The Hall–Kier alpha value is -0.865. The number of hydrogen-bond donors (Lipinski definition) is 1. The van der Waals surface area contributed by atoms with Gasteiger partial charge in [0.1, 0.15) is 0 Å². The van der Waals surface area contributed by atoms with Gasteiger partial charge in [-0.1, -0.05) is 0 Å². The number of rotatable bonds is 4. The molecule has 1 aromatic heterocycles. The molecule has 0 spiro atoms. The van der Waals surface area contributed by atoms with Crippen LogP contribution >= 0.6 is 0 Å². The van der Waals surface area contributed by atoms with Gasteiger partial charge in [-0.3, -0.25) is 4.98 Å².